The molecule has 1 amide bonds. The Balaban J connectivity index is 1.69. The number of nitrogens with zero attached hydrogens (tertiary/aromatic N) is 3. The van der Waals surface area contributed by atoms with Gasteiger partial charge in [-0.25, -0.2) is 4.98 Å². The fraction of sp³-hybridized carbons (Fsp3) is 0.250. The van der Waals surface area contributed by atoms with Crippen LogP contribution in [0.15, 0.2) is 36.4 Å². The average Bonchev–Trinajstić information content (AvgIpc) is 3.31. The van der Waals surface area contributed by atoms with E-state index in [-0.39, 0.29) is 19.1 Å². The lowest BCUT2D eigenvalue weighted by Gasteiger charge is -2.19. The number of aromatic amines is 2. The maximum absolute atomic E-state index is 12.7. The van der Waals surface area contributed by atoms with E-state index < -0.39 is 5.41 Å². The first kappa shape index (κ1) is 16.0. The number of aliphatic hydroxyl groups is 1. The Labute approximate surface area is 155 Å². The average molecular weight is 361 g/mol. The van der Waals surface area contributed by atoms with Crippen LogP contribution >= 0.6 is 0 Å². The van der Waals surface area contributed by atoms with E-state index in [9.17, 15) is 9.90 Å². The lowest BCUT2D eigenvalue weighted by atomic mass is 9.86. The molecule has 4 aromatic rings. The number of hydrogen-bond acceptors (Lipinski definition) is 4. The van der Waals surface area contributed by atoms with Crippen LogP contribution < -0.4 is 4.90 Å². The summed E-state index contributed by atoms with van der Waals surface area (Å²) in [5.74, 6) is 0.682. The van der Waals surface area contributed by atoms with E-state index in [0.717, 1.165) is 38.9 Å². The predicted octanol–water partition coefficient (Wildman–Crippen LogP) is 2.72. The molecular formula is C20H19N5O2. The second kappa shape index (κ2) is 5.40. The number of aliphatic hydroxyl groups excluding tert-OH is 1. The Hall–Kier alpha value is -3.19. The van der Waals surface area contributed by atoms with Gasteiger partial charge < -0.3 is 15.0 Å². The van der Waals surface area contributed by atoms with Crippen molar-refractivity contribution in [1.29, 1.82) is 0 Å². The number of β-amino-alcohol motifs (C(OH)–C–C–N with tert-alkyl or cyclic N) is 1. The summed E-state index contributed by atoms with van der Waals surface area (Å²) in [5, 5.41) is 17.8. The molecule has 1 aliphatic rings. The number of hydrogen-bond donors (Lipinski definition) is 3. The van der Waals surface area contributed by atoms with Gasteiger partial charge in [0.25, 0.3) is 0 Å². The second-order valence-electron chi connectivity index (χ2n) is 7.40. The number of amides is 1. The molecule has 0 saturated heterocycles. The van der Waals surface area contributed by atoms with Crippen LogP contribution in [-0.4, -0.2) is 44.3 Å². The highest BCUT2D eigenvalue weighted by molar-refractivity contribution is 6.09. The van der Waals surface area contributed by atoms with Crippen molar-refractivity contribution >= 4 is 33.5 Å². The standard InChI is InChI=1S/C20H19N5O2/c1-20(2)12-9-14-15(10-16(12)25(7-8-26)19(20)27)22-18(21-14)17-11-5-3-4-6-13(11)23-24-17/h3-6,9-10,26H,7-8H2,1-2H3,(H,21,22)(H,23,24). The number of carbonyl (C=O) groups excluding carboxylic acids is 1. The summed E-state index contributed by atoms with van der Waals surface area (Å²) >= 11 is 0. The summed E-state index contributed by atoms with van der Waals surface area (Å²) in [6.45, 7) is 4.02. The molecule has 0 unspecified atom stereocenters. The van der Waals surface area contributed by atoms with Crippen molar-refractivity contribution in [3.05, 3.63) is 42.0 Å². The van der Waals surface area contributed by atoms with Gasteiger partial charge in [0.2, 0.25) is 5.91 Å². The molecule has 5 rings (SSSR count). The molecule has 2 aromatic heterocycles. The number of nitrogens with one attached hydrogen (secondary N) is 2. The minimum atomic E-state index is -0.642. The van der Waals surface area contributed by atoms with Crippen molar-refractivity contribution in [2.75, 3.05) is 18.1 Å². The minimum Gasteiger partial charge on any atom is -0.395 e. The van der Waals surface area contributed by atoms with Gasteiger partial charge in [0, 0.05) is 11.9 Å². The lowest BCUT2D eigenvalue weighted by molar-refractivity contribution is -0.122. The largest absolute Gasteiger partial charge is 0.395 e. The summed E-state index contributed by atoms with van der Waals surface area (Å²) in [6, 6.07) is 11.8. The minimum absolute atomic E-state index is 0.00211. The van der Waals surface area contributed by atoms with Crippen LogP contribution in [0.25, 0.3) is 33.5 Å². The van der Waals surface area contributed by atoms with E-state index in [2.05, 4.69) is 15.2 Å². The second-order valence-corrected chi connectivity index (χ2v) is 7.40. The number of H-pyrrole nitrogens is 2. The highest BCUT2D eigenvalue weighted by Crippen LogP contribution is 2.43. The smallest absolute Gasteiger partial charge is 0.237 e. The SMILES string of the molecule is CC1(C)C(=O)N(CCO)c2cc3[nH]c(-c4n[nH]c5ccccc45)nc3cc21. The number of para-hydroxylation sites is 1. The van der Waals surface area contributed by atoms with Crippen LogP contribution in [0.1, 0.15) is 19.4 Å². The maximum Gasteiger partial charge on any atom is 0.237 e. The van der Waals surface area contributed by atoms with Crippen molar-refractivity contribution in [1.82, 2.24) is 20.2 Å². The van der Waals surface area contributed by atoms with Gasteiger partial charge in [0.15, 0.2) is 5.82 Å². The predicted molar refractivity (Wildman–Crippen MR) is 104 cm³/mol. The third-order valence-corrected chi connectivity index (χ3v) is 5.36. The Morgan fingerprint density at radius 2 is 2.00 bits per heavy atom. The normalized spacial score (nSPS) is 15.8. The van der Waals surface area contributed by atoms with Gasteiger partial charge >= 0.3 is 0 Å². The van der Waals surface area contributed by atoms with Crippen molar-refractivity contribution < 1.29 is 9.90 Å². The summed E-state index contributed by atoms with van der Waals surface area (Å²) in [5.41, 5.74) is 4.47. The first-order chi connectivity index (χ1) is 13.0. The van der Waals surface area contributed by atoms with E-state index in [1.807, 2.05) is 50.2 Å². The van der Waals surface area contributed by atoms with Gasteiger partial charge in [0.1, 0.15) is 5.69 Å². The van der Waals surface area contributed by atoms with E-state index in [4.69, 9.17) is 4.98 Å². The molecule has 7 heteroatoms. The van der Waals surface area contributed by atoms with Crippen LogP contribution in [0.3, 0.4) is 0 Å². The van der Waals surface area contributed by atoms with E-state index >= 15 is 0 Å². The first-order valence-corrected chi connectivity index (χ1v) is 8.91. The molecule has 0 saturated carbocycles. The molecular weight excluding hydrogens is 342 g/mol. The molecule has 0 spiro atoms. The van der Waals surface area contributed by atoms with Gasteiger partial charge in [-0.1, -0.05) is 18.2 Å². The fourth-order valence-electron chi connectivity index (χ4n) is 3.91. The number of benzene rings is 2. The van der Waals surface area contributed by atoms with Crippen LogP contribution in [0.2, 0.25) is 0 Å². The number of fused-ring (bicyclic) bond motifs is 3. The fourth-order valence-corrected chi connectivity index (χ4v) is 3.91. The van der Waals surface area contributed by atoms with Crippen LogP contribution in [0, 0.1) is 0 Å². The highest BCUT2D eigenvalue weighted by Gasteiger charge is 2.44. The van der Waals surface area contributed by atoms with Gasteiger partial charge in [0.05, 0.1) is 34.3 Å². The van der Waals surface area contributed by atoms with Gasteiger partial charge in [-0.2, -0.15) is 5.10 Å². The summed E-state index contributed by atoms with van der Waals surface area (Å²) in [4.78, 5) is 22.5. The molecule has 0 fully saturated rings. The molecule has 2 aromatic carbocycles. The topological polar surface area (TPSA) is 97.9 Å². The Bertz CT molecular complexity index is 1200. The van der Waals surface area contributed by atoms with Crippen LogP contribution in [-0.2, 0) is 10.2 Å². The van der Waals surface area contributed by atoms with Crippen LogP contribution in [0.5, 0.6) is 0 Å². The summed E-state index contributed by atoms with van der Waals surface area (Å²) < 4.78 is 0. The van der Waals surface area contributed by atoms with E-state index in [1.165, 1.54) is 0 Å². The molecule has 0 atom stereocenters. The third kappa shape index (κ3) is 2.15. The van der Waals surface area contributed by atoms with Gasteiger partial charge in [-0.05, 0) is 37.6 Å². The summed E-state index contributed by atoms with van der Waals surface area (Å²) in [6.07, 6.45) is 0. The quantitative estimate of drug-likeness (QED) is 0.522. The van der Waals surface area contributed by atoms with E-state index in [0.29, 0.717) is 5.82 Å². The molecule has 136 valence electrons. The van der Waals surface area contributed by atoms with Crippen molar-refractivity contribution in [2.45, 2.75) is 19.3 Å². The monoisotopic (exact) mass is 361 g/mol. The van der Waals surface area contributed by atoms with Crippen molar-refractivity contribution in [2.24, 2.45) is 0 Å². The molecule has 27 heavy (non-hydrogen) atoms. The maximum atomic E-state index is 12.7. The van der Waals surface area contributed by atoms with Crippen LogP contribution in [0.4, 0.5) is 5.69 Å². The first-order valence-electron chi connectivity index (χ1n) is 8.91. The molecule has 7 nitrogen and oxygen atoms in total. The lowest BCUT2D eigenvalue weighted by Crippen LogP contribution is -2.37. The zero-order valence-corrected chi connectivity index (χ0v) is 15.1. The number of rotatable bonds is 3. The Kier molecular flexibility index (Phi) is 3.21. The molecule has 0 radical (unpaired) electrons. The molecule has 0 aliphatic carbocycles. The molecule has 3 heterocycles. The van der Waals surface area contributed by atoms with Gasteiger partial charge in [-0.15, -0.1) is 0 Å². The number of anilines is 1. The number of carbonyl (C=O) groups is 1. The number of aromatic nitrogens is 4. The molecule has 1 aliphatic heterocycles. The zero-order valence-electron chi connectivity index (χ0n) is 15.1. The van der Waals surface area contributed by atoms with Gasteiger partial charge in [-0.3, -0.25) is 9.89 Å². The summed E-state index contributed by atoms with van der Waals surface area (Å²) in [7, 11) is 0. The third-order valence-electron chi connectivity index (χ3n) is 5.36. The highest BCUT2D eigenvalue weighted by atomic mass is 16.3. The Morgan fingerprint density at radius 3 is 2.81 bits per heavy atom. The molecule has 0 bridgehead atoms. The van der Waals surface area contributed by atoms with E-state index in [1.54, 1.807) is 4.90 Å². The van der Waals surface area contributed by atoms with Crippen molar-refractivity contribution in [3.63, 3.8) is 0 Å². The zero-order chi connectivity index (χ0) is 18.8. The number of imidazole rings is 1. The van der Waals surface area contributed by atoms with Crippen molar-refractivity contribution in [3.8, 4) is 11.5 Å². The molecule has 3 N–H and O–H groups in total. The Morgan fingerprint density at radius 1 is 1.19 bits per heavy atom.